The second kappa shape index (κ2) is 6.91. The number of hydrogen-bond donors (Lipinski definition) is 0. The Morgan fingerprint density at radius 1 is 0.700 bits per heavy atom. The average Bonchev–Trinajstić information content (AvgIpc) is 3.22. The molecule has 2 heterocycles. The van der Waals surface area contributed by atoms with Gasteiger partial charge < -0.3 is 9.13 Å². The van der Waals surface area contributed by atoms with Gasteiger partial charge in [0.15, 0.2) is 0 Å². The van der Waals surface area contributed by atoms with Crippen LogP contribution in [0.5, 0.6) is 0 Å². The molecule has 0 fully saturated rings. The van der Waals surface area contributed by atoms with Gasteiger partial charge in [0.1, 0.15) is 0 Å². The van der Waals surface area contributed by atoms with Crippen LogP contribution in [-0.2, 0) is 13.1 Å². The van der Waals surface area contributed by atoms with Crippen molar-refractivity contribution in [1.82, 2.24) is 9.13 Å². The van der Waals surface area contributed by atoms with E-state index in [9.17, 15) is 0 Å². The fourth-order valence-corrected chi connectivity index (χ4v) is 5.37. The van der Waals surface area contributed by atoms with Gasteiger partial charge in [-0.05, 0) is 44.7 Å². The first-order valence-corrected chi connectivity index (χ1v) is 10.9. The predicted molar refractivity (Wildman–Crippen MR) is 130 cm³/mol. The lowest BCUT2D eigenvalue weighted by Crippen LogP contribution is -1.99. The predicted octanol–water partition coefficient (Wildman–Crippen LogP) is 7.47. The summed E-state index contributed by atoms with van der Waals surface area (Å²) in [5.74, 6) is 0. The van der Waals surface area contributed by atoms with E-state index in [1.807, 2.05) is 0 Å². The second-order valence-corrected chi connectivity index (χ2v) is 8.09. The summed E-state index contributed by atoms with van der Waals surface area (Å²) >= 11 is 0. The van der Waals surface area contributed by atoms with Crippen LogP contribution in [-0.4, -0.2) is 9.13 Å². The van der Waals surface area contributed by atoms with E-state index < -0.39 is 0 Å². The van der Waals surface area contributed by atoms with Gasteiger partial charge >= 0.3 is 0 Å². The van der Waals surface area contributed by atoms with Crippen LogP contribution < -0.4 is 0 Å². The van der Waals surface area contributed by atoms with Crippen molar-refractivity contribution < 1.29 is 0 Å². The topological polar surface area (TPSA) is 9.86 Å². The number of nitrogens with zero attached hydrogens (tertiary/aromatic N) is 2. The first-order chi connectivity index (χ1) is 14.6. The van der Waals surface area contributed by atoms with Crippen LogP contribution in [0.2, 0.25) is 0 Å². The molecule has 0 saturated carbocycles. The van der Waals surface area contributed by atoms with Gasteiger partial charge in [-0.2, -0.15) is 0 Å². The van der Waals surface area contributed by atoms with Crippen molar-refractivity contribution in [3.8, 4) is 0 Å². The van der Waals surface area contributed by atoms with Crippen molar-refractivity contribution in [2.45, 2.75) is 40.8 Å². The van der Waals surface area contributed by atoms with Crippen LogP contribution in [0.1, 0.15) is 36.4 Å². The van der Waals surface area contributed by atoms with Crippen LogP contribution >= 0.6 is 0 Å². The molecule has 30 heavy (non-hydrogen) atoms. The molecule has 5 aromatic rings. The molecule has 0 radical (unpaired) electrons. The summed E-state index contributed by atoms with van der Waals surface area (Å²) in [6.45, 7) is 15.5. The lowest BCUT2D eigenvalue weighted by atomic mass is 9.94. The molecular weight excluding hydrogens is 364 g/mol. The van der Waals surface area contributed by atoms with Gasteiger partial charge in [-0.1, -0.05) is 61.2 Å². The zero-order valence-electron chi connectivity index (χ0n) is 18.3. The highest BCUT2D eigenvalue weighted by molar-refractivity contribution is 6.12. The highest BCUT2D eigenvalue weighted by Crippen LogP contribution is 2.41. The van der Waals surface area contributed by atoms with E-state index in [0.717, 1.165) is 18.7 Å². The monoisotopic (exact) mass is 392 g/mol. The summed E-state index contributed by atoms with van der Waals surface area (Å²) in [5, 5.41) is 5.19. The van der Waals surface area contributed by atoms with Crippen LogP contribution in [0.25, 0.3) is 38.2 Å². The molecule has 0 aliphatic carbocycles. The minimum Gasteiger partial charge on any atom is -0.345 e. The number of para-hydroxylation sites is 1. The summed E-state index contributed by atoms with van der Waals surface area (Å²) in [6.07, 6.45) is 0. The molecule has 0 amide bonds. The fraction of sp³-hybridized carbons (Fsp3) is 0.214. The van der Waals surface area contributed by atoms with Gasteiger partial charge in [0, 0.05) is 57.3 Å². The summed E-state index contributed by atoms with van der Waals surface area (Å²) in [6, 6.07) is 21.9. The Hall–Kier alpha value is -3.26. The first-order valence-electron chi connectivity index (χ1n) is 10.9. The zero-order valence-corrected chi connectivity index (χ0v) is 18.3. The summed E-state index contributed by atoms with van der Waals surface area (Å²) in [5.41, 5.74) is 8.87. The van der Waals surface area contributed by atoms with Gasteiger partial charge in [-0.3, -0.25) is 0 Å². The molecule has 2 heteroatoms. The second-order valence-electron chi connectivity index (χ2n) is 8.09. The zero-order chi connectivity index (χ0) is 21.0. The highest BCUT2D eigenvalue weighted by Gasteiger charge is 2.22. The maximum atomic E-state index is 4.67. The van der Waals surface area contributed by atoms with Gasteiger partial charge in [0.05, 0.1) is 5.52 Å². The molecular formula is C28H28N2. The van der Waals surface area contributed by atoms with E-state index in [1.54, 1.807) is 0 Å². The average molecular weight is 393 g/mol. The van der Waals surface area contributed by atoms with Gasteiger partial charge in [0.25, 0.3) is 0 Å². The third-order valence-corrected chi connectivity index (χ3v) is 6.67. The molecule has 0 bridgehead atoms. The van der Waals surface area contributed by atoms with Crippen molar-refractivity contribution in [3.05, 3.63) is 89.8 Å². The number of aromatic nitrogens is 2. The number of benzene rings is 3. The molecule has 0 N–H and O–H groups in total. The minimum absolute atomic E-state index is 0.944. The maximum absolute atomic E-state index is 4.67. The smallest absolute Gasteiger partial charge is 0.0568 e. The van der Waals surface area contributed by atoms with Gasteiger partial charge in [0.2, 0.25) is 0 Å². The molecule has 2 aromatic heterocycles. The van der Waals surface area contributed by atoms with Crippen LogP contribution in [0.15, 0.2) is 67.2 Å². The SMILES string of the molecule is C=C(c1c(C)n(CC)c2ccccc12)c1c(C)n(CC)c2c1ccc1ccccc12. The Labute approximate surface area is 178 Å². The van der Waals surface area contributed by atoms with Crippen molar-refractivity contribution in [3.63, 3.8) is 0 Å². The van der Waals surface area contributed by atoms with E-state index in [4.69, 9.17) is 0 Å². The fourth-order valence-electron chi connectivity index (χ4n) is 5.37. The number of hydrogen-bond acceptors (Lipinski definition) is 0. The Balaban J connectivity index is 1.86. The lowest BCUT2D eigenvalue weighted by molar-refractivity contribution is 0.767. The number of aryl methyl sites for hydroxylation is 2. The van der Waals surface area contributed by atoms with E-state index in [1.165, 1.54) is 55.1 Å². The molecule has 5 rings (SSSR count). The molecule has 0 atom stereocenters. The Morgan fingerprint density at radius 2 is 1.30 bits per heavy atom. The third kappa shape index (κ3) is 2.43. The quantitative estimate of drug-likeness (QED) is 0.300. The molecule has 0 aliphatic rings. The Bertz CT molecular complexity index is 1440. The first kappa shape index (κ1) is 18.7. The van der Waals surface area contributed by atoms with Crippen LogP contribution in [0.4, 0.5) is 0 Å². The maximum Gasteiger partial charge on any atom is 0.0568 e. The third-order valence-electron chi connectivity index (χ3n) is 6.67. The van der Waals surface area contributed by atoms with Gasteiger partial charge in [-0.25, -0.2) is 0 Å². The van der Waals surface area contributed by atoms with Crippen molar-refractivity contribution in [1.29, 1.82) is 0 Å². The summed E-state index contributed by atoms with van der Waals surface area (Å²) in [4.78, 5) is 0. The van der Waals surface area contributed by atoms with E-state index in [2.05, 4.69) is 104 Å². The minimum atomic E-state index is 0.944. The molecule has 0 spiro atoms. The molecule has 2 nitrogen and oxygen atoms in total. The van der Waals surface area contributed by atoms with Crippen molar-refractivity contribution in [2.75, 3.05) is 0 Å². The Morgan fingerprint density at radius 3 is 2.03 bits per heavy atom. The van der Waals surface area contributed by atoms with Crippen molar-refractivity contribution in [2.24, 2.45) is 0 Å². The number of fused-ring (bicyclic) bond motifs is 4. The molecule has 0 unspecified atom stereocenters. The summed E-state index contributed by atoms with van der Waals surface area (Å²) < 4.78 is 4.85. The summed E-state index contributed by atoms with van der Waals surface area (Å²) in [7, 11) is 0. The molecule has 0 saturated heterocycles. The molecule has 0 aliphatic heterocycles. The number of rotatable bonds is 4. The van der Waals surface area contributed by atoms with Crippen LogP contribution in [0, 0.1) is 13.8 Å². The molecule has 3 aromatic carbocycles. The van der Waals surface area contributed by atoms with E-state index in [-0.39, 0.29) is 0 Å². The highest BCUT2D eigenvalue weighted by atomic mass is 15.0. The lowest BCUT2D eigenvalue weighted by Gasteiger charge is -2.10. The van der Waals surface area contributed by atoms with E-state index in [0.29, 0.717) is 0 Å². The van der Waals surface area contributed by atoms with Crippen LogP contribution in [0.3, 0.4) is 0 Å². The molecule has 150 valence electrons. The standard InChI is InChI=1S/C28H28N2/c1-6-29-19(4)26(23-14-10-11-15-25(23)29)18(3)27-20(5)30(7-2)28-22-13-9-8-12-21(22)16-17-24(27)28/h8-17H,3,6-7H2,1-2,4-5H3. The van der Waals surface area contributed by atoms with Gasteiger partial charge in [-0.15, -0.1) is 0 Å². The van der Waals surface area contributed by atoms with Crippen molar-refractivity contribution >= 4 is 38.2 Å². The largest absolute Gasteiger partial charge is 0.345 e. The normalized spacial score (nSPS) is 11.7. The Kier molecular flexibility index (Phi) is 4.32. The van der Waals surface area contributed by atoms with E-state index >= 15 is 0 Å².